The minimum absolute atomic E-state index is 0.0128. The number of halogens is 3. The monoisotopic (exact) mass is 441 g/mol. The van der Waals surface area contributed by atoms with Crippen molar-refractivity contribution < 1.29 is 25.8 Å². The Balaban J connectivity index is 1.93. The van der Waals surface area contributed by atoms with E-state index in [2.05, 4.69) is 14.2 Å². The van der Waals surface area contributed by atoms with Crippen LogP contribution >= 0.6 is 11.3 Å². The summed E-state index contributed by atoms with van der Waals surface area (Å²) in [5.41, 5.74) is -4.50. The first-order chi connectivity index (χ1) is 13.6. The second-order valence-electron chi connectivity index (χ2n) is 6.01. The third-order valence-electron chi connectivity index (χ3n) is 4.04. The van der Waals surface area contributed by atoms with Crippen LogP contribution in [0.2, 0.25) is 0 Å². The first-order valence-corrected chi connectivity index (χ1v) is 10.2. The van der Waals surface area contributed by atoms with E-state index in [1.807, 2.05) is 19.1 Å². The lowest BCUT2D eigenvalue weighted by Gasteiger charge is -2.10. The van der Waals surface area contributed by atoms with Gasteiger partial charge in [-0.1, -0.05) is 17.7 Å². The van der Waals surface area contributed by atoms with Crippen molar-refractivity contribution >= 4 is 41.9 Å². The van der Waals surface area contributed by atoms with Gasteiger partial charge in [0.1, 0.15) is 21.4 Å². The number of benzene rings is 1. The van der Waals surface area contributed by atoms with Gasteiger partial charge in [-0.05, 0) is 19.1 Å². The molecule has 0 fully saturated rings. The molecule has 0 spiro atoms. The maximum absolute atomic E-state index is 12.9. The van der Waals surface area contributed by atoms with Crippen molar-refractivity contribution in [3.05, 3.63) is 58.8 Å². The lowest BCUT2D eigenvalue weighted by Crippen LogP contribution is -2.28. The summed E-state index contributed by atoms with van der Waals surface area (Å²) in [6, 6.07) is 8.05. The van der Waals surface area contributed by atoms with Crippen LogP contribution in [0.5, 0.6) is 5.75 Å². The highest BCUT2D eigenvalue weighted by Crippen LogP contribution is 2.37. The number of aromatic nitrogens is 3. The normalized spacial score (nSPS) is 12.6. The lowest BCUT2D eigenvalue weighted by molar-refractivity contribution is -0.0499. The van der Waals surface area contributed by atoms with Crippen LogP contribution in [0.3, 0.4) is 0 Å². The maximum Gasteiger partial charge on any atom is 0.534 e. The maximum atomic E-state index is 12.9. The number of hydrogen-bond acceptors (Lipinski definition) is 7. The highest BCUT2D eigenvalue weighted by molar-refractivity contribution is 7.88. The van der Waals surface area contributed by atoms with Crippen LogP contribution in [0, 0.1) is 6.92 Å². The molecule has 4 rings (SSSR count). The Morgan fingerprint density at radius 1 is 1.10 bits per heavy atom. The number of hydrogen-bond donors (Lipinski definition) is 0. The van der Waals surface area contributed by atoms with Crippen molar-refractivity contribution in [2.45, 2.75) is 12.4 Å². The minimum Gasteiger partial charge on any atom is -0.375 e. The van der Waals surface area contributed by atoms with Crippen molar-refractivity contribution in [3.63, 3.8) is 0 Å². The molecule has 0 amide bonds. The molecule has 0 aliphatic heterocycles. The molecule has 0 saturated carbocycles. The van der Waals surface area contributed by atoms with Gasteiger partial charge in [-0.3, -0.25) is 9.36 Å². The number of alkyl halides is 3. The quantitative estimate of drug-likeness (QED) is 0.357. The third kappa shape index (κ3) is 3.23. The van der Waals surface area contributed by atoms with Gasteiger partial charge in [0.2, 0.25) is 0 Å². The molecule has 0 unspecified atom stereocenters. The zero-order valence-electron chi connectivity index (χ0n) is 14.5. The molecule has 7 nitrogen and oxygen atoms in total. The van der Waals surface area contributed by atoms with Crippen LogP contribution in [0.4, 0.5) is 13.2 Å². The topological polar surface area (TPSA) is 91.2 Å². The van der Waals surface area contributed by atoms with Gasteiger partial charge in [-0.15, -0.1) is 11.3 Å². The molecule has 0 radical (unpaired) electrons. The Kier molecular flexibility index (Phi) is 4.35. The van der Waals surface area contributed by atoms with Crippen molar-refractivity contribution in [1.82, 2.24) is 14.5 Å². The van der Waals surface area contributed by atoms with Gasteiger partial charge in [-0.25, -0.2) is 9.97 Å². The third-order valence-corrected chi connectivity index (χ3v) is 6.08. The Morgan fingerprint density at radius 2 is 1.79 bits per heavy atom. The van der Waals surface area contributed by atoms with E-state index >= 15 is 0 Å². The summed E-state index contributed by atoms with van der Waals surface area (Å²) in [4.78, 5) is 21.2. The molecular formula is C17H10F3N3O4S2. The van der Waals surface area contributed by atoms with Crippen LogP contribution < -0.4 is 9.74 Å². The predicted molar refractivity (Wildman–Crippen MR) is 101 cm³/mol. The fourth-order valence-corrected chi connectivity index (χ4v) is 4.16. The second-order valence-corrected chi connectivity index (χ2v) is 8.54. The Hall–Kier alpha value is -2.99. The van der Waals surface area contributed by atoms with Gasteiger partial charge < -0.3 is 4.18 Å². The van der Waals surface area contributed by atoms with Gasteiger partial charge in [-0.2, -0.15) is 21.6 Å². The van der Waals surface area contributed by atoms with E-state index in [4.69, 9.17) is 0 Å². The first kappa shape index (κ1) is 19.3. The highest BCUT2D eigenvalue weighted by atomic mass is 32.2. The van der Waals surface area contributed by atoms with Crippen molar-refractivity contribution in [2.24, 2.45) is 0 Å². The highest BCUT2D eigenvalue weighted by Gasteiger charge is 2.48. The number of nitrogens with zero attached hydrogens (tertiary/aromatic N) is 3. The average molecular weight is 441 g/mol. The second kappa shape index (κ2) is 6.52. The molecule has 0 aliphatic carbocycles. The standard InChI is InChI=1S/C17H10F3N3O4S2/c1-9-2-4-10(5-3-9)23-8-22-13-12-11(27-29(25,26)17(18,19)20)6-7-21-15(12)28-14(13)16(23)24/h2-8H,1H3. The van der Waals surface area contributed by atoms with Crippen LogP contribution in [0.1, 0.15) is 5.56 Å². The summed E-state index contributed by atoms with van der Waals surface area (Å²) in [7, 11) is -5.89. The molecule has 0 aliphatic rings. The molecule has 3 heterocycles. The van der Waals surface area contributed by atoms with E-state index in [1.54, 1.807) is 12.1 Å². The van der Waals surface area contributed by atoms with E-state index in [1.165, 1.54) is 10.9 Å². The van der Waals surface area contributed by atoms with Gasteiger partial charge in [0, 0.05) is 12.3 Å². The average Bonchev–Trinajstić information content (AvgIpc) is 3.02. The van der Waals surface area contributed by atoms with E-state index in [0.29, 0.717) is 5.69 Å². The van der Waals surface area contributed by atoms with E-state index in [0.717, 1.165) is 29.2 Å². The minimum atomic E-state index is -5.89. The molecule has 0 N–H and O–H groups in total. The fourth-order valence-electron chi connectivity index (χ4n) is 2.65. The van der Waals surface area contributed by atoms with Crippen molar-refractivity contribution in [3.8, 4) is 11.4 Å². The van der Waals surface area contributed by atoms with Gasteiger partial charge in [0.25, 0.3) is 5.56 Å². The summed E-state index contributed by atoms with van der Waals surface area (Å²) in [5.74, 6) is -0.599. The Bertz CT molecular complexity index is 1410. The summed E-state index contributed by atoms with van der Waals surface area (Å²) in [6.07, 6.45) is 2.31. The van der Waals surface area contributed by atoms with Crippen molar-refractivity contribution in [1.29, 1.82) is 0 Å². The van der Waals surface area contributed by atoms with Crippen LogP contribution in [-0.2, 0) is 10.1 Å². The number of thiophene rings is 1. The number of fused-ring (bicyclic) bond motifs is 3. The van der Waals surface area contributed by atoms with Gasteiger partial charge in [0.15, 0.2) is 5.75 Å². The molecular weight excluding hydrogens is 431 g/mol. The molecule has 1 aromatic carbocycles. The SMILES string of the molecule is Cc1ccc(-n2cnc3c(sc4nccc(OS(=O)(=O)C(F)(F)F)c43)c2=O)cc1. The van der Waals surface area contributed by atoms with Crippen LogP contribution in [0.15, 0.2) is 47.7 Å². The van der Waals surface area contributed by atoms with Gasteiger partial charge in [0.05, 0.1) is 11.1 Å². The molecule has 150 valence electrons. The smallest absolute Gasteiger partial charge is 0.375 e. The molecule has 0 atom stereocenters. The van der Waals surface area contributed by atoms with E-state index < -0.39 is 26.9 Å². The molecule has 29 heavy (non-hydrogen) atoms. The molecule has 12 heteroatoms. The van der Waals surface area contributed by atoms with E-state index in [-0.39, 0.29) is 20.4 Å². The Morgan fingerprint density at radius 3 is 2.45 bits per heavy atom. The zero-order chi connectivity index (χ0) is 21.0. The van der Waals surface area contributed by atoms with Gasteiger partial charge >= 0.3 is 15.6 Å². The van der Waals surface area contributed by atoms with E-state index in [9.17, 15) is 26.4 Å². The molecule has 0 bridgehead atoms. The van der Waals surface area contributed by atoms with Crippen LogP contribution in [-0.4, -0.2) is 28.5 Å². The number of aryl methyl sites for hydroxylation is 1. The first-order valence-electron chi connectivity index (χ1n) is 7.95. The molecule has 0 saturated heterocycles. The lowest BCUT2D eigenvalue weighted by atomic mass is 10.2. The summed E-state index contributed by atoms with van der Waals surface area (Å²) in [5, 5.41) is -0.0755. The fraction of sp³-hybridized carbons (Fsp3) is 0.118. The Labute approximate surface area is 165 Å². The molecule has 3 aromatic heterocycles. The van der Waals surface area contributed by atoms with Crippen LogP contribution in [0.25, 0.3) is 26.1 Å². The zero-order valence-corrected chi connectivity index (χ0v) is 16.1. The largest absolute Gasteiger partial charge is 0.534 e. The summed E-state index contributed by atoms with van der Waals surface area (Å²) in [6.45, 7) is 1.89. The summed E-state index contributed by atoms with van der Waals surface area (Å²) >= 11 is 0.885. The van der Waals surface area contributed by atoms with Crippen molar-refractivity contribution in [2.75, 3.05) is 0 Å². The molecule has 4 aromatic rings. The number of rotatable bonds is 3. The number of pyridine rings is 1. The predicted octanol–water partition coefficient (Wildman–Crippen LogP) is 3.53. The summed E-state index contributed by atoms with van der Waals surface area (Å²) < 4.78 is 66.6.